The topological polar surface area (TPSA) is 45.3 Å². The van der Waals surface area contributed by atoms with Gasteiger partial charge in [-0.3, -0.25) is 0 Å². The molecule has 4 nitrogen and oxygen atoms in total. The van der Waals surface area contributed by atoms with E-state index in [1.165, 1.54) is 31.5 Å². The van der Waals surface area contributed by atoms with Crippen LogP contribution in [-0.2, 0) is 11.2 Å². The molecule has 2 fully saturated rings. The monoisotopic (exact) mass is 354 g/mol. The Hall–Kier alpha value is -1.81. The second kappa shape index (κ2) is 7.07. The molecule has 4 rings (SSSR count). The lowest BCUT2D eigenvalue weighted by molar-refractivity contribution is -0.00593. The number of H-pyrrole nitrogens is 1. The molecule has 2 aliphatic rings. The second-order valence-electron chi connectivity index (χ2n) is 8.35. The van der Waals surface area contributed by atoms with Crippen molar-refractivity contribution in [3.63, 3.8) is 0 Å². The summed E-state index contributed by atoms with van der Waals surface area (Å²) in [4.78, 5) is 18.8. The first-order chi connectivity index (χ1) is 12.5. The van der Waals surface area contributed by atoms with Crippen LogP contribution in [0.1, 0.15) is 67.1 Å². The first-order valence-electron chi connectivity index (χ1n) is 10.1. The number of carbonyl (C=O) groups excluding carboxylic acids is 1. The largest absolute Gasteiger partial charge is 0.456 e. The number of carbonyl (C=O) groups is 1. The van der Waals surface area contributed by atoms with Crippen LogP contribution in [0.4, 0.5) is 0 Å². The molecule has 0 amide bonds. The average molecular weight is 354 g/mol. The first-order valence-corrected chi connectivity index (χ1v) is 10.1. The summed E-state index contributed by atoms with van der Waals surface area (Å²) in [6, 6.07) is 6.47. The van der Waals surface area contributed by atoms with Crippen molar-refractivity contribution in [1.82, 2.24) is 9.88 Å². The number of aromatic amines is 1. The molecular weight excluding hydrogens is 324 g/mol. The fourth-order valence-electron chi connectivity index (χ4n) is 4.59. The maximum Gasteiger partial charge on any atom is 0.341 e. The summed E-state index contributed by atoms with van der Waals surface area (Å²) >= 11 is 0. The molecular formula is C22H30N2O2. The van der Waals surface area contributed by atoms with Crippen LogP contribution in [0.25, 0.3) is 10.9 Å². The third-order valence-electron chi connectivity index (χ3n) is 6.17. The van der Waals surface area contributed by atoms with Crippen molar-refractivity contribution in [3.05, 3.63) is 35.0 Å². The average Bonchev–Trinajstić information content (AvgIpc) is 3.32. The van der Waals surface area contributed by atoms with E-state index in [9.17, 15) is 4.79 Å². The standard InChI is InChI=1S/C22H30N2O2/c1-16-20(21(25)26-22(2)10-3-4-11-22)18-15-17(7-8-19(18)23-16)9-14-24-12-5-6-13-24/h7-8,15,23H,3-6,9-14H2,1-2H3. The number of esters is 1. The number of aromatic nitrogens is 1. The number of hydrogen-bond donors (Lipinski definition) is 1. The van der Waals surface area contributed by atoms with Crippen LogP contribution >= 0.6 is 0 Å². The highest BCUT2D eigenvalue weighted by Crippen LogP contribution is 2.34. The molecule has 1 aromatic carbocycles. The Bertz CT molecular complexity index is 796. The Morgan fingerprint density at radius 2 is 1.92 bits per heavy atom. The lowest BCUT2D eigenvalue weighted by Gasteiger charge is -2.24. The number of rotatable bonds is 5. The molecule has 1 aromatic heterocycles. The fraction of sp³-hybridized carbons (Fsp3) is 0.591. The Morgan fingerprint density at radius 3 is 2.65 bits per heavy atom. The third-order valence-corrected chi connectivity index (χ3v) is 6.17. The van der Waals surface area contributed by atoms with Crippen LogP contribution in [-0.4, -0.2) is 41.1 Å². The summed E-state index contributed by atoms with van der Waals surface area (Å²) in [6.45, 7) is 7.59. The number of likely N-dealkylation sites (tertiary alicyclic amines) is 1. The van der Waals surface area contributed by atoms with E-state index in [1.807, 2.05) is 6.92 Å². The normalized spacial score (nSPS) is 20.1. The molecule has 0 spiro atoms. The van der Waals surface area contributed by atoms with E-state index < -0.39 is 0 Å². The van der Waals surface area contributed by atoms with E-state index in [1.54, 1.807) is 0 Å². The van der Waals surface area contributed by atoms with Crippen LogP contribution in [0.2, 0.25) is 0 Å². The van der Waals surface area contributed by atoms with Crippen molar-refractivity contribution in [1.29, 1.82) is 0 Å². The number of benzene rings is 1. The third kappa shape index (κ3) is 3.52. The Balaban J connectivity index is 1.56. The summed E-state index contributed by atoms with van der Waals surface area (Å²) in [7, 11) is 0. The maximum atomic E-state index is 12.9. The predicted molar refractivity (Wildman–Crippen MR) is 105 cm³/mol. The molecule has 26 heavy (non-hydrogen) atoms. The van der Waals surface area contributed by atoms with Gasteiger partial charge in [0.25, 0.3) is 0 Å². The zero-order valence-electron chi connectivity index (χ0n) is 16.1. The van der Waals surface area contributed by atoms with Crippen LogP contribution in [0, 0.1) is 6.92 Å². The van der Waals surface area contributed by atoms with Gasteiger partial charge < -0.3 is 14.6 Å². The van der Waals surface area contributed by atoms with Gasteiger partial charge in [-0.15, -0.1) is 0 Å². The van der Waals surface area contributed by atoms with Gasteiger partial charge in [0.2, 0.25) is 0 Å². The van der Waals surface area contributed by atoms with Gasteiger partial charge in [0.05, 0.1) is 5.56 Å². The van der Waals surface area contributed by atoms with Gasteiger partial charge in [-0.05, 0) is 89.6 Å². The van der Waals surface area contributed by atoms with Crippen molar-refractivity contribution in [2.45, 2.75) is 64.4 Å². The second-order valence-corrected chi connectivity index (χ2v) is 8.35. The van der Waals surface area contributed by atoms with E-state index in [2.05, 4.69) is 35.0 Å². The van der Waals surface area contributed by atoms with Crippen molar-refractivity contribution in [3.8, 4) is 0 Å². The number of aryl methyl sites for hydroxylation is 1. The minimum Gasteiger partial charge on any atom is -0.456 e. The minimum atomic E-state index is -0.291. The maximum absolute atomic E-state index is 12.9. The molecule has 1 saturated carbocycles. The Morgan fingerprint density at radius 1 is 1.19 bits per heavy atom. The van der Waals surface area contributed by atoms with Gasteiger partial charge in [0.15, 0.2) is 0 Å². The van der Waals surface area contributed by atoms with Gasteiger partial charge in [-0.1, -0.05) is 6.07 Å². The predicted octanol–water partition coefficient (Wildman–Crippen LogP) is 4.60. The number of nitrogens with one attached hydrogen (secondary N) is 1. The van der Waals surface area contributed by atoms with E-state index >= 15 is 0 Å². The molecule has 1 saturated heterocycles. The van der Waals surface area contributed by atoms with Crippen LogP contribution in [0.15, 0.2) is 18.2 Å². The minimum absolute atomic E-state index is 0.171. The molecule has 2 aromatic rings. The van der Waals surface area contributed by atoms with Crippen LogP contribution < -0.4 is 0 Å². The smallest absolute Gasteiger partial charge is 0.341 e. The molecule has 140 valence electrons. The van der Waals surface area contributed by atoms with Gasteiger partial charge >= 0.3 is 5.97 Å². The summed E-state index contributed by atoms with van der Waals surface area (Å²) in [5.41, 5.74) is 3.65. The molecule has 4 heteroatoms. The highest BCUT2D eigenvalue weighted by atomic mass is 16.6. The Labute approximate surface area is 155 Å². The van der Waals surface area contributed by atoms with Crippen LogP contribution in [0.5, 0.6) is 0 Å². The number of ether oxygens (including phenoxy) is 1. The quantitative estimate of drug-likeness (QED) is 0.798. The lowest BCUT2D eigenvalue weighted by Crippen LogP contribution is -2.28. The highest BCUT2D eigenvalue weighted by molar-refractivity contribution is 6.05. The summed E-state index contributed by atoms with van der Waals surface area (Å²) in [6.07, 6.45) is 7.93. The summed E-state index contributed by atoms with van der Waals surface area (Å²) in [5.74, 6) is -0.171. The summed E-state index contributed by atoms with van der Waals surface area (Å²) in [5, 5.41) is 1.01. The first kappa shape index (κ1) is 17.6. The van der Waals surface area contributed by atoms with Gasteiger partial charge in [-0.25, -0.2) is 4.79 Å². The van der Waals surface area contributed by atoms with Gasteiger partial charge in [0.1, 0.15) is 5.60 Å². The van der Waals surface area contributed by atoms with Crippen molar-refractivity contribution < 1.29 is 9.53 Å². The summed E-state index contributed by atoms with van der Waals surface area (Å²) < 4.78 is 5.95. The van der Waals surface area contributed by atoms with E-state index in [0.717, 1.165) is 60.8 Å². The van der Waals surface area contributed by atoms with Crippen molar-refractivity contribution >= 4 is 16.9 Å². The van der Waals surface area contributed by atoms with Gasteiger partial charge in [0, 0.05) is 23.1 Å². The van der Waals surface area contributed by atoms with Crippen LogP contribution in [0.3, 0.4) is 0 Å². The number of fused-ring (bicyclic) bond motifs is 1. The fourth-order valence-corrected chi connectivity index (χ4v) is 4.59. The highest BCUT2D eigenvalue weighted by Gasteiger charge is 2.34. The van der Waals surface area contributed by atoms with Crippen molar-refractivity contribution in [2.75, 3.05) is 19.6 Å². The Kier molecular flexibility index (Phi) is 4.78. The number of hydrogen-bond acceptors (Lipinski definition) is 3. The van der Waals surface area contributed by atoms with Crippen molar-refractivity contribution in [2.24, 2.45) is 0 Å². The zero-order valence-corrected chi connectivity index (χ0v) is 16.1. The molecule has 0 atom stereocenters. The zero-order chi connectivity index (χ0) is 18.1. The molecule has 1 aliphatic heterocycles. The van der Waals surface area contributed by atoms with E-state index in [-0.39, 0.29) is 11.6 Å². The molecule has 1 N–H and O–H groups in total. The molecule has 1 aliphatic carbocycles. The SMILES string of the molecule is Cc1[nH]c2ccc(CCN3CCCC3)cc2c1C(=O)OC1(C)CCCC1. The van der Waals surface area contributed by atoms with E-state index in [4.69, 9.17) is 4.74 Å². The van der Waals surface area contributed by atoms with Gasteiger partial charge in [-0.2, -0.15) is 0 Å². The molecule has 0 radical (unpaired) electrons. The van der Waals surface area contributed by atoms with E-state index in [0.29, 0.717) is 0 Å². The molecule has 0 bridgehead atoms. The lowest BCUT2D eigenvalue weighted by atomic mass is 10.0. The molecule has 2 heterocycles. The number of nitrogens with zero attached hydrogens (tertiary/aromatic N) is 1. The molecule has 0 unspecified atom stereocenters.